The third kappa shape index (κ3) is 5.07. The molecule has 0 aliphatic rings. The van der Waals surface area contributed by atoms with Gasteiger partial charge in [-0.3, -0.25) is 14.6 Å². The highest BCUT2D eigenvalue weighted by Crippen LogP contribution is 2.04. The van der Waals surface area contributed by atoms with Crippen LogP contribution in [-0.2, 0) is 16.1 Å². The lowest BCUT2D eigenvalue weighted by Gasteiger charge is -2.20. The average Bonchev–Trinajstić information content (AvgIpc) is 2.32. The lowest BCUT2D eigenvalue weighted by atomic mass is 10.0. The van der Waals surface area contributed by atoms with Gasteiger partial charge in [0.1, 0.15) is 6.04 Å². The molecule has 0 fully saturated rings. The molecule has 0 unspecified atom stereocenters. The van der Waals surface area contributed by atoms with Gasteiger partial charge < -0.3 is 10.6 Å². The van der Waals surface area contributed by atoms with Crippen LogP contribution in [0.15, 0.2) is 18.3 Å². The molecule has 0 saturated carbocycles. The average molecular weight is 263 g/mol. The lowest BCUT2D eigenvalue weighted by molar-refractivity contribution is -0.129. The Morgan fingerprint density at radius 1 is 1.37 bits per heavy atom. The molecule has 0 aromatic carbocycles. The van der Waals surface area contributed by atoms with E-state index in [9.17, 15) is 9.59 Å². The van der Waals surface area contributed by atoms with Gasteiger partial charge in [-0.05, 0) is 30.5 Å². The molecule has 0 radical (unpaired) electrons. The van der Waals surface area contributed by atoms with Crippen molar-refractivity contribution in [2.75, 3.05) is 0 Å². The number of pyridine rings is 1. The summed E-state index contributed by atoms with van der Waals surface area (Å²) in [7, 11) is 0. The standard InChI is InChI=1S/C14H21N3O2/c1-9(2)13(17-11(4)18)14(19)16-8-12-5-6-15-10(3)7-12/h5-7,9,13H,8H2,1-4H3,(H,16,19)(H,17,18)/t13-/m0/s1. The van der Waals surface area contributed by atoms with Gasteiger partial charge in [-0.15, -0.1) is 0 Å². The zero-order chi connectivity index (χ0) is 14.4. The number of hydrogen-bond donors (Lipinski definition) is 2. The van der Waals surface area contributed by atoms with Crippen molar-refractivity contribution in [2.24, 2.45) is 5.92 Å². The van der Waals surface area contributed by atoms with Crippen LogP contribution in [0.3, 0.4) is 0 Å². The molecular weight excluding hydrogens is 242 g/mol. The van der Waals surface area contributed by atoms with E-state index in [1.807, 2.05) is 32.9 Å². The monoisotopic (exact) mass is 263 g/mol. The molecular formula is C14H21N3O2. The van der Waals surface area contributed by atoms with Crippen LogP contribution >= 0.6 is 0 Å². The van der Waals surface area contributed by atoms with Gasteiger partial charge in [0.15, 0.2) is 0 Å². The minimum atomic E-state index is -0.500. The Kier molecular flexibility index (Phi) is 5.48. The lowest BCUT2D eigenvalue weighted by Crippen LogP contribution is -2.48. The van der Waals surface area contributed by atoms with Crippen LogP contribution in [0.5, 0.6) is 0 Å². The molecule has 1 aromatic heterocycles. The van der Waals surface area contributed by atoms with Crippen molar-refractivity contribution in [1.29, 1.82) is 0 Å². The summed E-state index contributed by atoms with van der Waals surface area (Å²) in [6.45, 7) is 7.55. The Labute approximate surface area is 113 Å². The summed E-state index contributed by atoms with van der Waals surface area (Å²) in [5, 5.41) is 5.49. The second-order valence-corrected chi connectivity index (χ2v) is 4.95. The van der Waals surface area contributed by atoms with E-state index in [-0.39, 0.29) is 17.7 Å². The quantitative estimate of drug-likeness (QED) is 0.837. The van der Waals surface area contributed by atoms with Crippen molar-refractivity contribution in [1.82, 2.24) is 15.6 Å². The first-order chi connectivity index (χ1) is 8.90. The van der Waals surface area contributed by atoms with E-state index in [2.05, 4.69) is 15.6 Å². The maximum absolute atomic E-state index is 12.0. The van der Waals surface area contributed by atoms with E-state index in [1.54, 1.807) is 6.20 Å². The van der Waals surface area contributed by atoms with Crippen molar-refractivity contribution < 1.29 is 9.59 Å². The molecule has 1 rings (SSSR count). The van der Waals surface area contributed by atoms with E-state index in [4.69, 9.17) is 0 Å². The topological polar surface area (TPSA) is 71.1 Å². The molecule has 2 amide bonds. The molecule has 2 N–H and O–H groups in total. The Balaban J connectivity index is 2.59. The van der Waals surface area contributed by atoms with Crippen molar-refractivity contribution in [2.45, 2.75) is 40.3 Å². The predicted octanol–water partition coefficient (Wildman–Crippen LogP) is 1.17. The summed E-state index contributed by atoms with van der Waals surface area (Å²) in [5.74, 6) is -0.323. The van der Waals surface area contributed by atoms with Gasteiger partial charge in [0.25, 0.3) is 0 Å². The first-order valence-corrected chi connectivity index (χ1v) is 6.36. The number of carbonyl (C=O) groups is 2. The van der Waals surface area contributed by atoms with E-state index in [0.717, 1.165) is 11.3 Å². The summed E-state index contributed by atoms with van der Waals surface area (Å²) in [6, 6.07) is 3.28. The third-order valence-corrected chi connectivity index (χ3v) is 2.74. The zero-order valence-electron chi connectivity index (χ0n) is 11.9. The zero-order valence-corrected chi connectivity index (χ0v) is 11.9. The minimum Gasteiger partial charge on any atom is -0.350 e. The van der Waals surface area contributed by atoms with Crippen LogP contribution in [0.2, 0.25) is 0 Å². The van der Waals surface area contributed by atoms with Gasteiger partial charge in [0, 0.05) is 25.4 Å². The molecule has 0 aliphatic heterocycles. The number of aryl methyl sites for hydroxylation is 1. The number of amides is 2. The molecule has 1 atom stereocenters. The molecule has 0 saturated heterocycles. The number of hydrogen-bond acceptors (Lipinski definition) is 3. The number of aromatic nitrogens is 1. The third-order valence-electron chi connectivity index (χ3n) is 2.74. The van der Waals surface area contributed by atoms with Gasteiger partial charge in [-0.25, -0.2) is 0 Å². The van der Waals surface area contributed by atoms with Gasteiger partial charge in [0.05, 0.1) is 0 Å². The predicted molar refractivity (Wildman–Crippen MR) is 73.3 cm³/mol. The highest BCUT2D eigenvalue weighted by Gasteiger charge is 2.22. The molecule has 19 heavy (non-hydrogen) atoms. The van der Waals surface area contributed by atoms with Crippen LogP contribution in [0.1, 0.15) is 32.0 Å². The first kappa shape index (κ1) is 15.1. The summed E-state index contributed by atoms with van der Waals surface area (Å²) >= 11 is 0. The van der Waals surface area contributed by atoms with E-state index in [0.29, 0.717) is 6.54 Å². The molecule has 0 spiro atoms. The largest absolute Gasteiger partial charge is 0.350 e. The number of carbonyl (C=O) groups excluding carboxylic acids is 2. The fourth-order valence-corrected chi connectivity index (χ4v) is 1.77. The smallest absolute Gasteiger partial charge is 0.243 e. The van der Waals surface area contributed by atoms with Crippen LogP contribution in [0.25, 0.3) is 0 Å². The van der Waals surface area contributed by atoms with Gasteiger partial charge in [-0.1, -0.05) is 13.8 Å². The molecule has 5 nitrogen and oxygen atoms in total. The maximum Gasteiger partial charge on any atom is 0.243 e. The van der Waals surface area contributed by atoms with Crippen LogP contribution in [0, 0.1) is 12.8 Å². The number of nitrogens with one attached hydrogen (secondary N) is 2. The second-order valence-electron chi connectivity index (χ2n) is 4.95. The van der Waals surface area contributed by atoms with Crippen LogP contribution < -0.4 is 10.6 Å². The molecule has 0 aliphatic carbocycles. The van der Waals surface area contributed by atoms with Crippen molar-refractivity contribution in [3.05, 3.63) is 29.6 Å². The first-order valence-electron chi connectivity index (χ1n) is 6.36. The second kappa shape index (κ2) is 6.87. The number of nitrogens with zero attached hydrogens (tertiary/aromatic N) is 1. The van der Waals surface area contributed by atoms with E-state index < -0.39 is 6.04 Å². The molecule has 1 heterocycles. The highest BCUT2D eigenvalue weighted by atomic mass is 16.2. The molecule has 1 aromatic rings. The molecule has 5 heteroatoms. The Hall–Kier alpha value is -1.91. The SMILES string of the molecule is CC(=O)N[C@H](C(=O)NCc1ccnc(C)c1)C(C)C. The van der Waals surface area contributed by atoms with Crippen molar-refractivity contribution >= 4 is 11.8 Å². The van der Waals surface area contributed by atoms with Crippen LogP contribution in [-0.4, -0.2) is 22.8 Å². The van der Waals surface area contributed by atoms with E-state index in [1.165, 1.54) is 6.92 Å². The Morgan fingerprint density at radius 2 is 2.05 bits per heavy atom. The van der Waals surface area contributed by atoms with Gasteiger partial charge in [-0.2, -0.15) is 0 Å². The summed E-state index contributed by atoms with van der Waals surface area (Å²) in [5.41, 5.74) is 1.90. The van der Waals surface area contributed by atoms with Crippen molar-refractivity contribution in [3.8, 4) is 0 Å². The van der Waals surface area contributed by atoms with Gasteiger partial charge in [0.2, 0.25) is 11.8 Å². The van der Waals surface area contributed by atoms with Crippen LogP contribution in [0.4, 0.5) is 0 Å². The van der Waals surface area contributed by atoms with E-state index >= 15 is 0 Å². The fourth-order valence-electron chi connectivity index (χ4n) is 1.77. The minimum absolute atomic E-state index is 0.0445. The van der Waals surface area contributed by atoms with Crippen molar-refractivity contribution in [3.63, 3.8) is 0 Å². The normalized spacial score (nSPS) is 12.1. The fraction of sp³-hybridized carbons (Fsp3) is 0.500. The summed E-state index contributed by atoms with van der Waals surface area (Å²) in [6.07, 6.45) is 1.71. The maximum atomic E-state index is 12.0. The Bertz CT molecular complexity index is 458. The molecule has 0 bridgehead atoms. The Morgan fingerprint density at radius 3 is 2.58 bits per heavy atom. The number of rotatable bonds is 5. The summed E-state index contributed by atoms with van der Waals surface area (Å²) < 4.78 is 0. The highest BCUT2D eigenvalue weighted by molar-refractivity contribution is 5.86. The van der Waals surface area contributed by atoms with Gasteiger partial charge >= 0.3 is 0 Å². The summed E-state index contributed by atoms with van der Waals surface area (Å²) in [4.78, 5) is 27.2. The molecule has 104 valence electrons.